The fourth-order valence-electron chi connectivity index (χ4n) is 7.76. The number of hydrogen-bond donors (Lipinski definition) is 0. The largest absolute Gasteiger partial charge is 0.462 e. The van der Waals surface area contributed by atoms with Crippen molar-refractivity contribution in [3.05, 3.63) is 72.9 Å². The van der Waals surface area contributed by atoms with Gasteiger partial charge in [0, 0.05) is 19.3 Å². The van der Waals surface area contributed by atoms with E-state index in [1.54, 1.807) is 0 Å². The molecule has 380 valence electrons. The molecule has 1 unspecified atom stereocenters. The fraction of sp³-hybridized carbons (Fsp3) is 0.750. The molecule has 6 nitrogen and oxygen atoms in total. The van der Waals surface area contributed by atoms with Gasteiger partial charge in [-0.15, -0.1) is 0 Å². The lowest BCUT2D eigenvalue weighted by atomic mass is 10.0. The highest BCUT2D eigenvalue weighted by Gasteiger charge is 2.19. The zero-order chi connectivity index (χ0) is 47.9. The van der Waals surface area contributed by atoms with Gasteiger partial charge in [0.2, 0.25) is 0 Å². The molecule has 6 heteroatoms. The molecule has 0 fully saturated rings. The van der Waals surface area contributed by atoms with E-state index in [4.69, 9.17) is 14.2 Å². The highest BCUT2D eigenvalue weighted by atomic mass is 16.6. The quantitative estimate of drug-likeness (QED) is 0.0262. The molecule has 0 radical (unpaired) electrons. The van der Waals surface area contributed by atoms with Crippen LogP contribution in [0.3, 0.4) is 0 Å². The molecule has 0 spiro atoms. The standard InChI is InChI=1S/C60H104O6/c1-4-7-10-13-16-19-22-25-28-30-33-35-38-41-44-47-50-53-59(62)65-56-57(55-64-58(61)52-49-46-43-40-37-34-31-27-24-21-18-15-12-9-6-3)66-60(63)54-51-48-45-42-39-36-32-29-26-23-20-17-14-11-8-5-2/h9,12,18,20-21,23,27,29,31-32,37,40,57H,4-8,10-11,13-17,19,22,24-26,28,30,33-36,38-39,41-56H2,1-3H3/b12-9-,21-18-,23-20-,31-27-,32-29-,40-37-. The summed E-state index contributed by atoms with van der Waals surface area (Å²) in [6.07, 6.45) is 68.9. The van der Waals surface area contributed by atoms with Crippen molar-refractivity contribution in [3.63, 3.8) is 0 Å². The van der Waals surface area contributed by atoms with E-state index < -0.39 is 6.10 Å². The Morgan fingerprint density at radius 1 is 0.318 bits per heavy atom. The Morgan fingerprint density at radius 2 is 0.591 bits per heavy atom. The van der Waals surface area contributed by atoms with Crippen LogP contribution in [-0.4, -0.2) is 37.2 Å². The molecular weight excluding hydrogens is 817 g/mol. The van der Waals surface area contributed by atoms with Crippen LogP contribution < -0.4 is 0 Å². The van der Waals surface area contributed by atoms with Crippen LogP contribution in [0.5, 0.6) is 0 Å². The minimum atomic E-state index is -0.798. The lowest BCUT2D eigenvalue weighted by Crippen LogP contribution is -2.30. The second-order valence-electron chi connectivity index (χ2n) is 18.5. The van der Waals surface area contributed by atoms with Gasteiger partial charge < -0.3 is 14.2 Å². The van der Waals surface area contributed by atoms with E-state index in [2.05, 4.69) is 93.7 Å². The van der Waals surface area contributed by atoms with Gasteiger partial charge in [-0.3, -0.25) is 14.4 Å². The van der Waals surface area contributed by atoms with Crippen molar-refractivity contribution in [2.24, 2.45) is 0 Å². The van der Waals surface area contributed by atoms with E-state index in [1.165, 1.54) is 122 Å². The highest BCUT2D eigenvalue weighted by molar-refractivity contribution is 5.71. The lowest BCUT2D eigenvalue weighted by molar-refractivity contribution is -0.167. The predicted octanol–water partition coefficient (Wildman–Crippen LogP) is 18.6. The average molecular weight is 921 g/mol. The zero-order valence-electron chi connectivity index (χ0n) is 43.4. The van der Waals surface area contributed by atoms with Crippen molar-refractivity contribution in [3.8, 4) is 0 Å². The summed E-state index contributed by atoms with van der Waals surface area (Å²) in [6.45, 7) is 6.48. The SMILES string of the molecule is CC/C=C\C/C=C\C/C=C\C/C=C\CCCCC(=O)OCC(COC(=O)CCCCCCCCCCCCCCCCCCC)OC(=O)CCCCCCC/C=C\C/C=C\CCCCCC. The molecule has 0 rings (SSSR count). The van der Waals surface area contributed by atoms with Crippen molar-refractivity contribution in [1.29, 1.82) is 0 Å². The number of carbonyl (C=O) groups excluding carboxylic acids is 3. The third-order valence-electron chi connectivity index (χ3n) is 11.9. The van der Waals surface area contributed by atoms with Crippen LogP contribution >= 0.6 is 0 Å². The van der Waals surface area contributed by atoms with Crippen molar-refractivity contribution in [2.45, 2.75) is 277 Å². The van der Waals surface area contributed by atoms with Crippen molar-refractivity contribution >= 4 is 17.9 Å². The van der Waals surface area contributed by atoms with E-state index >= 15 is 0 Å². The molecule has 0 saturated heterocycles. The number of carbonyl (C=O) groups is 3. The Kier molecular flexibility index (Phi) is 51.9. The Bertz CT molecular complexity index is 1240. The summed E-state index contributed by atoms with van der Waals surface area (Å²) < 4.78 is 16.8. The van der Waals surface area contributed by atoms with E-state index in [0.29, 0.717) is 19.3 Å². The number of unbranched alkanes of at least 4 members (excludes halogenated alkanes) is 27. The molecule has 66 heavy (non-hydrogen) atoms. The first-order valence-corrected chi connectivity index (χ1v) is 27.9. The molecule has 0 heterocycles. The van der Waals surface area contributed by atoms with Gasteiger partial charge in [0.15, 0.2) is 6.10 Å². The second-order valence-corrected chi connectivity index (χ2v) is 18.5. The Balaban J connectivity index is 4.44. The Labute approximate surface area is 408 Å². The molecule has 0 N–H and O–H groups in total. The summed E-state index contributed by atoms with van der Waals surface area (Å²) in [7, 11) is 0. The zero-order valence-corrected chi connectivity index (χ0v) is 43.4. The molecule has 0 bridgehead atoms. The maximum absolute atomic E-state index is 12.8. The smallest absolute Gasteiger partial charge is 0.306 e. The van der Waals surface area contributed by atoms with Crippen molar-refractivity contribution < 1.29 is 28.6 Å². The van der Waals surface area contributed by atoms with E-state index in [1.807, 2.05) is 0 Å². The average Bonchev–Trinajstić information content (AvgIpc) is 3.31. The van der Waals surface area contributed by atoms with Gasteiger partial charge in [-0.05, 0) is 89.9 Å². The topological polar surface area (TPSA) is 78.9 Å². The van der Waals surface area contributed by atoms with Gasteiger partial charge in [-0.2, -0.15) is 0 Å². The summed E-state index contributed by atoms with van der Waals surface area (Å²) in [5.41, 5.74) is 0. The van der Waals surface area contributed by atoms with Crippen molar-refractivity contribution in [2.75, 3.05) is 13.2 Å². The fourth-order valence-corrected chi connectivity index (χ4v) is 7.76. The highest BCUT2D eigenvalue weighted by Crippen LogP contribution is 2.16. The van der Waals surface area contributed by atoms with Gasteiger partial charge in [0.1, 0.15) is 13.2 Å². The predicted molar refractivity (Wildman–Crippen MR) is 284 cm³/mol. The van der Waals surface area contributed by atoms with E-state index in [-0.39, 0.29) is 31.1 Å². The van der Waals surface area contributed by atoms with Crippen LogP contribution in [0.4, 0.5) is 0 Å². The van der Waals surface area contributed by atoms with Crippen LogP contribution in [0.1, 0.15) is 271 Å². The van der Waals surface area contributed by atoms with Crippen LogP contribution in [-0.2, 0) is 28.6 Å². The van der Waals surface area contributed by atoms with E-state index in [9.17, 15) is 14.4 Å². The molecular formula is C60H104O6. The number of rotatable bonds is 50. The molecule has 0 aromatic carbocycles. The molecule has 0 aliphatic rings. The molecule has 0 aromatic heterocycles. The maximum atomic E-state index is 12.8. The number of allylic oxidation sites excluding steroid dienone is 12. The van der Waals surface area contributed by atoms with Crippen LogP contribution in [0.25, 0.3) is 0 Å². The molecule has 0 aromatic rings. The first-order chi connectivity index (χ1) is 32.5. The number of esters is 3. The molecule has 0 amide bonds. The summed E-state index contributed by atoms with van der Waals surface area (Å²) >= 11 is 0. The summed E-state index contributed by atoms with van der Waals surface area (Å²) in [6, 6.07) is 0. The van der Waals surface area contributed by atoms with Crippen LogP contribution in [0.15, 0.2) is 72.9 Å². The minimum Gasteiger partial charge on any atom is -0.462 e. The first kappa shape index (κ1) is 62.8. The van der Waals surface area contributed by atoms with Crippen molar-refractivity contribution in [1.82, 2.24) is 0 Å². The van der Waals surface area contributed by atoms with Gasteiger partial charge in [0.25, 0.3) is 0 Å². The summed E-state index contributed by atoms with van der Waals surface area (Å²) in [4.78, 5) is 38.1. The normalized spacial score (nSPS) is 12.6. The van der Waals surface area contributed by atoms with Gasteiger partial charge in [-0.25, -0.2) is 0 Å². The molecule has 0 saturated carbocycles. The molecule has 0 aliphatic carbocycles. The summed E-state index contributed by atoms with van der Waals surface area (Å²) in [5.74, 6) is -0.942. The molecule has 0 aliphatic heterocycles. The number of ether oxygens (including phenoxy) is 3. The maximum Gasteiger partial charge on any atom is 0.306 e. The van der Waals surface area contributed by atoms with Crippen LogP contribution in [0.2, 0.25) is 0 Å². The van der Waals surface area contributed by atoms with Gasteiger partial charge in [0.05, 0.1) is 0 Å². The van der Waals surface area contributed by atoms with Crippen LogP contribution in [0, 0.1) is 0 Å². The van der Waals surface area contributed by atoms with Gasteiger partial charge >= 0.3 is 17.9 Å². The molecule has 1 atom stereocenters. The minimum absolute atomic E-state index is 0.0924. The third-order valence-corrected chi connectivity index (χ3v) is 11.9. The summed E-state index contributed by atoms with van der Waals surface area (Å²) in [5, 5.41) is 0. The lowest BCUT2D eigenvalue weighted by Gasteiger charge is -2.18. The monoisotopic (exact) mass is 921 g/mol. The number of hydrogen-bond acceptors (Lipinski definition) is 6. The Morgan fingerprint density at radius 3 is 0.970 bits per heavy atom. The second kappa shape index (κ2) is 54.5. The Hall–Kier alpha value is -3.15. The van der Waals surface area contributed by atoms with E-state index in [0.717, 1.165) is 109 Å². The van der Waals surface area contributed by atoms with Gasteiger partial charge in [-0.1, -0.05) is 235 Å². The first-order valence-electron chi connectivity index (χ1n) is 27.9. The third kappa shape index (κ3) is 51.8.